The SMILES string of the molecule is CCCC1CCCC(NC(C)CC)(C(=O)OCC)CC1. The zero-order valence-corrected chi connectivity index (χ0v) is 13.8. The Balaban J connectivity index is 2.79. The molecule has 1 saturated carbocycles. The molecule has 0 aromatic rings. The van der Waals surface area contributed by atoms with Crippen LogP contribution in [-0.4, -0.2) is 24.2 Å². The lowest BCUT2D eigenvalue weighted by Crippen LogP contribution is -2.55. The minimum Gasteiger partial charge on any atom is -0.465 e. The highest BCUT2D eigenvalue weighted by molar-refractivity contribution is 5.81. The fraction of sp³-hybridized carbons (Fsp3) is 0.941. The van der Waals surface area contributed by atoms with E-state index in [-0.39, 0.29) is 5.97 Å². The van der Waals surface area contributed by atoms with Gasteiger partial charge in [0.15, 0.2) is 0 Å². The molecule has 0 saturated heterocycles. The second kappa shape index (κ2) is 8.66. The number of carbonyl (C=O) groups is 1. The van der Waals surface area contributed by atoms with Gasteiger partial charge in [-0.2, -0.15) is 0 Å². The third-order valence-electron chi connectivity index (χ3n) is 4.69. The number of ether oxygens (including phenoxy) is 1. The lowest BCUT2D eigenvalue weighted by Gasteiger charge is -2.34. The summed E-state index contributed by atoms with van der Waals surface area (Å²) in [4.78, 5) is 12.5. The van der Waals surface area contributed by atoms with Gasteiger partial charge in [0.1, 0.15) is 5.54 Å². The first-order valence-corrected chi connectivity index (χ1v) is 8.52. The Hall–Kier alpha value is -0.570. The van der Waals surface area contributed by atoms with Crippen molar-refractivity contribution in [3.63, 3.8) is 0 Å². The predicted molar refractivity (Wildman–Crippen MR) is 83.7 cm³/mol. The standard InChI is InChI=1S/C17H33NO2/c1-5-9-15-10-8-12-17(13-11-15,16(19)20-7-3)18-14(4)6-2/h14-15,18H,5-13H2,1-4H3. The normalized spacial score (nSPS) is 28.7. The van der Waals surface area contributed by atoms with E-state index in [9.17, 15) is 4.79 Å². The van der Waals surface area contributed by atoms with Crippen molar-refractivity contribution >= 4 is 5.97 Å². The molecular weight excluding hydrogens is 250 g/mol. The molecule has 0 aromatic heterocycles. The van der Waals surface area contributed by atoms with Gasteiger partial charge in [-0.3, -0.25) is 10.1 Å². The van der Waals surface area contributed by atoms with Crippen LogP contribution in [0.2, 0.25) is 0 Å². The van der Waals surface area contributed by atoms with Crippen LogP contribution in [0.5, 0.6) is 0 Å². The number of esters is 1. The number of carbonyl (C=O) groups excluding carboxylic acids is 1. The average molecular weight is 283 g/mol. The molecule has 3 atom stereocenters. The molecule has 3 heteroatoms. The van der Waals surface area contributed by atoms with E-state index in [2.05, 4.69) is 26.1 Å². The van der Waals surface area contributed by atoms with Gasteiger partial charge in [0.05, 0.1) is 6.61 Å². The Bertz CT molecular complexity index is 293. The lowest BCUT2D eigenvalue weighted by molar-refractivity contribution is -0.152. The fourth-order valence-corrected chi connectivity index (χ4v) is 3.36. The van der Waals surface area contributed by atoms with E-state index in [4.69, 9.17) is 4.74 Å². The van der Waals surface area contributed by atoms with Gasteiger partial charge in [0.25, 0.3) is 0 Å². The second-order valence-electron chi connectivity index (χ2n) is 6.34. The number of hydrogen-bond donors (Lipinski definition) is 1. The average Bonchev–Trinajstić information content (AvgIpc) is 2.63. The van der Waals surface area contributed by atoms with Crippen LogP contribution in [0.1, 0.15) is 79.1 Å². The Labute approximate surface area is 124 Å². The van der Waals surface area contributed by atoms with Crippen molar-refractivity contribution in [2.75, 3.05) is 6.61 Å². The van der Waals surface area contributed by atoms with Crippen molar-refractivity contribution in [3.8, 4) is 0 Å². The van der Waals surface area contributed by atoms with E-state index in [0.29, 0.717) is 12.6 Å². The quantitative estimate of drug-likeness (QED) is 0.565. The summed E-state index contributed by atoms with van der Waals surface area (Å²) in [5.74, 6) is 0.757. The molecule has 1 aliphatic carbocycles. The zero-order valence-electron chi connectivity index (χ0n) is 13.8. The van der Waals surface area contributed by atoms with E-state index in [0.717, 1.165) is 38.0 Å². The Morgan fingerprint density at radius 1 is 1.30 bits per heavy atom. The third-order valence-corrected chi connectivity index (χ3v) is 4.69. The number of nitrogens with one attached hydrogen (secondary N) is 1. The second-order valence-corrected chi connectivity index (χ2v) is 6.34. The van der Waals surface area contributed by atoms with Crippen LogP contribution < -0.4 is 5.32 Å². The van der Waals surface area contributed by atoms with Crippen LogP contribution in [0.3, 0.4) is 0 Å². The van der Waals surface area contributed by atoms with Crippen LogP contribution in [0, 0.1) is 5.92 Å². The largest absolute Gasteiger partial charge is 0.465 e. The molecule has 1 aliphatic rings. The Kier molecular flexibility index (Phi) is 7.57. The molecule has 3 unspecified atom stereocenters. The molecule has 1 rings (SSSR count). The molecule has 0 spiro atoms. The van der Waals surface area contributed by atoms with Crippen LogP contribution in [0.25, 0.3) is 0 Å². The zero-order chi connectivity index (χ0) is 15.0. The molecular formula is C17H33NO2. The summed E-state index contributed by atoms with van der Waals surface area (Å²) in [5, 5.41) is 3.59. The van der Waals surface area contributed by atoms with Crippen molar-refractivity contribution < 1.29 is 9.53 Å². The summed E-state index contributed by atoms with van der Waals surface area (Å²) >= 11 is 0. The molecule has 118 valence electrons. The molecule has 0 heterocycles. The van der Waals surface area contributed by atoms with E-state index < -0.39 is 5.54 Å². The minimum absolute atomic E-state index is 0.0301. The molecule has 1 fully saturated rings. The fourth-order valence-electron chi connectivity index (χ4n) is 3.36. The van der Waals surface area contributed by atoms with Crippen LogP contribution in [0.4, 0.5) is 0 Å². The highest BCUT2D eigenvalue weighted by Crippen LogP contribution is 2.34. The third kappa shape index (κ3) is 4.76. The van der Waals surface area contributed by atoms with E-state index in [1.807, 2.05) is 6.92 Å². The van der Waals surface area contributed by atoms with E-state index in [1.54, 1.807) is 0 Å². The molecule has 0 radical (unpaired) electrons. The van der Waals surface area contributed by atoms with Crippen LogP contribution in [-0.2, 0) is 9.53 Å². The first-order chi connectivity index (χ1) is 9.57. The van der Waals surface area contributed by atoms with Crippen molar-refractivity contribution in [1.29, 1.82) is 0 Å². The van der Waals surface area contributed by atoms with E-state index >= 15 is 0 Å². The summed E-state index contributed by atoms with van der Waals surface area (Å²) in [7, 11) is 0. The van der Waals surface area contributed by atoms with Gasteiger partial charge < -0.3 is 4.74 Å². The lowest BCUT2D eigenvalue weighted by atomic mass is 9.88. The first kappa shape index (κ1) is 17.5. The van der Waals surface area contributed by atoms with Crippen molar-refractivity contribution in [3.05, 3.63) is 0 Å². The summed E-state index contributed by atoms with van der Waals surface area (Å²) < 4.78 is 5.38. The van der Waals surface area contributed by atoms with Gasteiger partial charge in [0, 0.05) is 6.04 Å². The van der Waals surface area contributed by atoms with Gasteiger partial charge in [-0.15, -0.1) is 0 Å². The van der Waals surface area contributed by atoms with Gasteiger partial charge >= 0.3 is 5.97 Å². The maximum absolute atomic E-state index is 12.5. The smallest absolute Gasteiger partial charge is 0.326 e. The molecule has 20 heavy (non-hydrogen) atoms. The highest BCUT2D eigenvalue weighted by Gasteiger charge is 2.41. The molecule has 0 bridgehead atoms. The molecule has 1 N–H and O–H groups in total. The minimum atomic E-state index is -0.437. The molecule has 0 amide bonds. The summed E-state index contributed by atoms with van der Waals surface area (Å²) in [5.41, 5.74) is -0.437. The van der Waals surface area contributed by atoms with Crippen LogP contribution in [0.15, 0.2) is 0 Å². The van der Waals surface area contributed by atoms with Crippen molar-refractivity contribution in [2.24, 2.45) is 5.92 Å². The van der Waals surface area contributed by atoms with Crippen LogP contribution >= 0.6 is 0 Å². The molecule has 3 nitrogen and oxygen atoms in total. The number of rotatable bonds is 7. The number of hydrogen-bond acceptors (Lipinski definition) is 3. The molecule has 0 aliphatic heterocycles. The van der Waals surface area contributed by atoms with Crippen molar-refractivity contribution in [1.82, 2.24) is 5.32 Å². The summed E-state index contributed by atoms with van der Waals surface area (Å²) in [6.07, 6.45) is 8.98. The summed E-state index contributed by atoms with van der Waals surface area (Å²) in [6.45, 7) is 8.94. The maximum atomic E-state index is 12.5. The van der Waals surface area contributed by atoms with E-state index in [1.165, 1.54) is 19.3 Å². The topological polar surface area (TPSA) is 38.3 Å². The Morgan fingerprint density at radius 3 is 2.65 bits per heavy atom. The van der Waals surface area contributed by atoms with Gasteiger partial charge in [0.2, 0.25) is 0 Å². The summed E-state index contributed by atoms with van der Waals surface area (Å²) in [6, 6.07) is 0.363. The maximum Gasteiger partial charge on any atom is 0.326 e. The highest BCUT2D eigenvalue weighted by atomic mass is 16.5. The van der Waals surface area contributed by atoms with Gasteiger partial charge in [-0.25, -0.2) is 0 Å². The Morgan fingerprint density at radius 2 is 2.05 bits per heavy atom. The monoisotopic (exact) mass is 283 g/mol. The van der Waals surface area contributed by atoms with Gasteiger partial charge in [-0.1, -0.05) is 39.5 Å². The van der Waals surface area contributed by atoms with Gasteiger partial charge in [-0.05, 0) is 45.4 Å². The first-order valence-electron chi connectivity index (χ1n) is 8.52. The van der Waals surface area contributed by atoms with Crippen molar-refractivity contribution in [2.45, 2.75) is 90.6 Å². The molecule has 0 aromatic carbocycles. The predicted octanol–water partition coefficient (Wildman–Crippen LogP) is 4.06.